The van der Waals surface area contributed by atoms with Gasteiger partial charge in [0, 0.05) is 44.4 Å². The Morgan fingerprint density at radius 2 is 1.76 bits per heavy atom. The molecule has 0 aliphatic carbocycles. The number of benzene rings is 2. The topological polar surface area (TPSA) is 86.1 Å². The Labute approximate surface area is 196 Å². The van der Waals surface area contributed by atoms with Crippen LogP contribution in [0.3, 0.4) is 0 Å². The Kier molecular flexibility index (Phi) is 5.83. The van der Waals surface area contributed by atoms with Crippen LogP contribution in [-0.2, 0) is 6.54 Å². The van der Waals surface area contributed by atoms with E-state index < -0.39 is 0 Å². The average Bonchev–Trinajstić information content (AvgIpc) is 2.89. The zero-order valence-corrected chi connectivity index (χ0v) is 19.0. The summed E-state index contributed by atoms with van der Waals surface area (Å²) in [5, 5.41) is 0.475. The highest BCUT2D eigenvalue weighted by Gasteiger charge is 2.26. The van der Waals surface area contributed by atoms with E-state index in [1.54, 1.807) is 54.2 Å². The van der Waals surface area contributed by atoms with Gasteiger partial charge in [-0.15, -0.1) is 6.58 Å². The first kappa shape index (κ1) is 21.8. The highest BCUT2D eigenvalue weighted by molar-refractivity contribution is 5.94. The maximum atomic E-state index is 13.4. The third kappa shape index (κ3) is 3.93. The number of rotatable bonds is 5. The molecule has 2 aliphatic heterocycles. The molecule has 5 rings (SSSR count). The number of anilines is 1. The fraction of sp³-hybridized carbons (Fsp3) is 0.320. The normalized spacial score (nSPS) is 15.3. The van der Waals surface area contributed by atoms with Crippen molar-refractivity contribution in [2.75, 3.05) is 51.4 Å². The molecule has 0 atom stereocenters. The van der Waals surface area contributed by atoms with Crippen molar-refractivity contribution in [3.63, 3.8) is 0 Å². The van der Waals surface area contributed by atoms with E-state index in [9.17, 15) is 9.59 Å². The first-order valence-electron chi connectivity index (χ1n) is 11.2. The van der Waals surface area contributed by atoms with Crippen LogP contribution in [0.4, 0.5) is 5.95 Å². The summed E-state index contributed by atoms with van der Waals surface area (Å²) in [4.78, 5) is 35.0. The summed E-state index contributed by atoms with van der Waals surface area (Å²) in [5.74, 6) is 2.39. The van der Waals surface area contributed by atoms with E-state index in [1.165, 1.54) is 0 Å². The lowest BCUT2D eigenvalue weighted by Gasteiger charge is -2.36. The van der Waals surface area contributed by atoms with Gasteiger partial charge in [-0.25, -0.2) is 4.98 Å². The Bertz CT molecular complexity index is 1290. The molecular formula is C25H26N4O5. The highest BCUT2D eigenvalue weighted by atomic mass is 16.6. The lowest BCUT2D eigenvalue weighted by Crippen LogP contribution is -2.50. The predicted octanol–water partition coefficient (Wildman–Crippen LogP) is 2.32. The van der Waals surface area contributed by atoms with Gasteiger partial charge in [-0.1, -0.05) is 6.08 Å². The third-order valence-corrected chi connectivity index (χ3v) is 6.10. The predicted molar refractivity (Wildman–Crippen MR) is 128 cm³/mol. The molecule has 0 radical (unpaired) electrons. The van der Waals surface area contributed by atoms with Gasteiger partial charge in [0.25, 0.3) is 11.5 Å². The summed E-state index contributed by atoms with van der Waals surface area (Å²) < 4.78 is 18.1. The van der Waals surface area contributed by atoms with Gasteiger partial charge in [-0.3, -0.25) is 14.2 Å². The monoisotopic (exact) mass is 462 g/mol. The minimum absolute atomic E-state index is 0.0268. The van der Waals surface area contributed by atoms with Crippen LogP contribution in [0.2, 0.25) is 0 Å². The Balaban J connectivity index is 1.41. The number of ether oxygens (including phenoxy) is 3. The van der Waals surface area contributed by atoms with Gasteiger partial charge in [-0.2, -0.15) is 0 Å². The molecule has 9 nitrogen and oxygen atoms in total. The Morgan fingerprint density at radius 3 is 2.41 bits per heavy atom. The summed E-state index contributed by atoms with van der Waals surface area (Å²) in [6.45, 7) is 7.20. The summed E-state index contributed by atoms with van der Waals surface area (Å²) >= 11 is 0. The number of carbonyl (C=O) groups excluding carboxylic acids is 1. The average molecular weight is 463 g/mol. The molecule has 3 aromatic rings. The van der Waals surface area contributed by atoms with Crippen molar-refractivity contribution in [3.05, 3.63) is 65.0 Å². The van der Waals surface area contributed by atoms with Crippen molar-refractivity contribution >= 4 is 22.8 Å². The molecule has 0 saturated carbocycles. The van der Waals surface area contributed by atoms with Crippen molar-refractivity contribution in [1.82, 2.24) is 14.5 Å². The zero-order chi connectivity index (χ0) is 23.7. The van der Waals surface area contributed by atoms with E-state index >= 15 is 0 Å². The molecule has 9 heteroatoms. The van der Waals surface area contributed by atoms with Gasteiger partial charge in [-0.05, 0) is 30.3 Å². The number of allylic oxidation sites excluding steroid dienone is 1. The Morgan fingerprint density at radius 1 is 1.09 bits per heavy atom. The number of amides is 1. The minimum Gasteiger partial charge on any atom is -0.497 e. The summed E-state index contributed by atoms with van der Waals surface area (Å²) in [6.07, 6.45) is 1.68. The molecule has 34 heavy (non-hydrogen) atoms. The van der Waals surface area contributed by atoms with E-state index in [4.69, 9.17) is 19.2 Å². The van der Waals surface area contributed by atoms with Gasteiger partial charge < -0.3 is 24.0 Å². The molecule has 1 saturated heterocycles. The number of carbonyl (C=O) groups is 1. The molecule has 0 unspecified atom stereocenters. The van der Waals surface area contributed by atoms with Crippen LogP contribution in [-0.4, -0.2) is 66.9 Å². The van der Waals surface area contributed by atoms with Crippen LogP contribution in [0.15, 0.2) is 53.8 Å². The number of fused-ring (bicyclic) bond motifs is 2. The van der Waals surface area contributed by atoms with Gasteiger partial charge in [0.1, 0.15) is 19.0 Å². The summed E-state index contributed by atoms with van der Waals surface area (Å²) in [6, 6.07) is 10.6. The van der Waals surface area contributed by atoms with Gasteiger partial charge in [0.2, 0.25) is 5.95 Å². The first-order chi connectivity index (χ1) is 16.6. The first-order valence-corrected chi connectivity index (χ1v) is 11.2. The molecule has 1 amide bonds. The molecule has 0 N–H and O–H groups in total. The van der Waals surface area contributed by atoms with Crippen molar-refractivity contribution in [3.8, 4) is 17.2 Å². The quantitative estimate of drug-likeness (QED) is 0.538. The fourth-order valence-electron chi connectivity index (χ4n) is 4.31. The number of aromatic nitrogens is 2. The van der Waals surface area contributed by atoms with Crippen molar-refractivity contribution in [1.29, 1.82) is 0 Å². The molecular weight excluding hydrogens is 436 g/mol. The minimum atomic E-state index is -0.159. The van der Waals surface area contributed by atoms with Crippen LogP contribution in [0.1, 0.15) is 10.4 Å². The smallest absolute Gasteiger partial charge is 0.263 e. The second kappa shape index (κ2) is 9.09. The SMILES string of the molecule is C=CCn1c(N2CCN(C(=O)c3ccc(OC)cc3)CC2)nc2cc3c(cc2c1=O)OCCO3. The lowest BCUT2D eigenvalue weighted by molar-refractivity contribution is 0.0746. The molecule has 0 spiro atoms. The van der Waals surface area contributed by atoms with Crippen LogP contribution < -0.4 is 24.7 Å². The maximum Gasteiger partial charge on any atom is 0.263 e. The highest BCUT2D eigenvalue weighted by Crippen LogP contribution is 2.33. The van der Waals surface area contributed by atoms with E-state index in [1.807, 2.05) is 9.80 Å². The van der Waals surface area contributed by atoms with E-state index in [0.717, 1.165) is 0 Å². The standard InChI is InChI=1S/C25H26N4O5/c1-3-8-29-24(31)19-15-21-22(34-14-13-33-21)16-20(19)26-25(29)28-11-9-27(10-12-28)23(30)17-4-6-18(32-2)7-5-17/h3-7,15-16H,1,8-14H2,2H3. The number of piperazine rings is 1. The molecule has 2 aromatic carbocycles. The van der Waals surface area contributed by atoms with Crippen molar-refractivity contribution in [2.45, 2.75) is 6.54 Å². The molecule has 2 aliphatic rings. The van der Waals surface area contributed by atoms with Crippen LogP contribution in [0.5, 0.6) is 17.2 Å². The second-order valence-corrected chi connectivity index (χ2v) is 8.14. The molecule has 0 bridgehead atoms. The van der Waals surface area contributed by atoms with Crippen LogP contribution in [0.25, 0.3) is 10.9 Å². The van der Waals surface area contributed by atoms with E-state index in [0.29, 0.717) is 85.6 Å². The molecule has 1 aromatic heterocycles. The Hall–Kier alpha value is -4.01. The summed E-state index contributed by atoms with van der Waals surface area (Å²) in [5.41, 5.74) is 1.02. The van der Waals surface area contributed by atoms with Crippen LogP contribution in [0, 0.1) is 0 Å². The maximum absolute atomic E-state index is 13.4. The van der Waals surface area contributed by atoms with Crippen LogP contribution >= 0.6 is 0 Å². The molecule has 1 fully saturated rings. The summed E-state index contributed by atoms with van der Waals surface area (Å²) in [7, 11) is 1.60. The fourth-order valence-corrected chi connectivity index (χ4v) is 4.31. The zero-order valence-electron chi connectivity index (χ0n) is 19.0. The molecule has 3 heterocycles. The van der Waals surface area contributed by atoms with Gasteiger partial charge in [0.15, 0.2) is 11.5 Å². The lowest BCUT2D eigenvalue weighted by atomic mass is 10.1. The number of hydrogen-bond donors (Lipinski definition) is 0. The third-order valence-electron chi connectivity index (χ3n) is 6.10. The van der Waals surface area contributed by atoms with Crippen molar-refractivity contribution < 1.29 is 19.0 Å². The second-order valence-electron chi connectivity index (χ2n) is 8.14. The van der Waals surface area contributed by atoms with Crippen molar-refractivity contribution in [2.24, 2.45) is 0 Å². The number of methoxy groups -OCH3 is 1. The van der Waals surface area contributed by atoms with Gasteiger partial charge in [0.05, 0.1) is 18.0 Å². The number of nitrogens with zero attached hydrogens (tertiary/aromatic N) is 4. The number of hydrogen-bond acceptors (Lipinski definition) is 7. The van der Waals surface area contributed by atoms with E-state index in [2.05, 4.69) is 6.58 Å². The largest absolute Gasteiger partial charge is 0.497 e. The van der Waals surface area contributed by atoms with Gasteiger partial charge >= 0.3 is 0 Å². The van der Waals surface area contributed by atoms with E-state index in [-0.39, 0.29) is 11.5 Å². The molecule has 176 valence electrons.